The second kappa shape index (κ2) is 5.24. The molecule has 1 unspecified atom stereocenters. The second-order valence-corrected chi connectivity index (χ2v) is 6.50. The molecule has 2 aromatic heterocycles. The van der Waals surface area contributed by atoms with Crippen LogP contribution in [-0.4, -0.2) is 33.9 Å². The molecule has 2 aliphatic rings. The number of rotatable bonds is 1. The van der Waals surface area contributed by atoms with Crippen LogP contribution in [0.25, 0.3) is 16.2 Å². The Morgan fingerprint density at radius 3 is 2.91 bits per heavy atom. The summed E-state index contributed by atoms with van der Waals surface area (Å²) in [6.45, 7) is 1.85. The minimum atomic E-state index is -1.22. The lowest BCUT2D eigenvalue weighted by Gasteiger charge is -2.22. The van der Waals surface area contributed by atoms with E-state index in [1.165, 1.54) is 6.08 Å². The lowest BCUT2D eigenvalue weighted by Crippen LogP contribution is -2.29. The van der Waals surface area contributed by atoms with Gasteiger partial charge in [0, 0.05) is 16.5 Å². The van der Waals surface area contributed by atoms with E-state index in [1.807, 2.05) is 0 Å². The predicted octanol–water partition coefficient (Wildman–Crippen LogP) is 1.14. The molecule has 3 heterocycles. The number of fused-ring (bicyclic) bond motifs is 3. The standard InChI is InChI=1S/C15H14BrFN4O/c16-14-9(17)1-2-10-13(14)15-19-12(22)7-11(21(15)20-10)8-3-5-18-6-4-8/h1-2,7-9,18H,3-6H2. The molecule has 4 rings (SSSR count). The highest BCUT2D eigenvalue weighted by Gasteiger charge is 2.24. The zero-order valence-corrected chi connectivity index (χ0v) is 13.3. The Kier molecular flexibility index (Phi) is 3.34. The van der Waals surface area contributed by atoms with Gasteiger partial charge < -0.3 is 5.32 Å². The second-order valence-electron chi connectivity index (χ2n) is 5.65. The molecule has 7 heteroatoms. The summed E-state index contributed by atoms with van der Waals surface area (Å²) < 4.78 is 16.0. The summed E-state index contributed by atoms with van der Waals surface area (Å²) in [5, 5.41) is 8.44. The molecule has 0 spiro atoms. The molecular weight excluding hydrogens is 351 g/mol. The van der Waals surface area contributed by atoms with Crippen molar-refractivity contribution < 1.29 is 4.39 Å². The molecule has 1 aliphatic heterocycles. The predicted molar refractivity (Wildman–Crippen MR) is 85.6 cm³/mol. The highest BCUT2D eigenvalue weighted by Crippen LogP contribution is 2.26. The van der Waals surface area contributed by atoms with Crippen molar-refractivity contribution in [3.05, 3.63) is 39.1 Å². The van der Waals surface area contributed by atoms with Crippen LogP contribution in [0, 0.1) is 0 Å². The molecule has 22 heavy (non-hydrogen) atoms. The highest BCUT2D eigenvalue weighted by atomic mass is 79.9. The van der Waals surface area contributed by atoms with Crippen molar-refractivity contribution in [2.45, 2.75) is 24.9 Å². The molecule has 0 bridgehead atoms. The fourth-order valence-corrected chi connectivity index (χ4v) is 3.72. The van der Waals surface area contributed by atoms with Crippen LogP contribution >= 0.6 is 15.9 Å². The Labute approximate surface area is 134 Å². The first kappa shape index (κ1) is 14.0. The largest absolute Gasteiger partial charge is 0.317 e. The molecule has 0 aromatic carbocycles. The Bertz CT molecular complexity index is 885. The van der Waals surface area contributed by atoms with Gasteiger partial charge in [-0.15, -0.1) is 0 Å². The van der Waals surface area contributed by atoms with Crippen molar-refractivity contribution in [1.29, 1.82) is 0 Å². The molecule has 0 saturated carbocycles. The van der Waals surface area contributed by atoms with E-state index in [2.05, 4.69) is 31.3 Å². The third kappa shape index (κ3) is 2.11. The molecule has 2 aromatic rings. The van der Waals surface area contributed by atoms with E-state index in [0.717, 1.165) is 31.6 Å². The smallest absolute Gasteiger partial charge is 0.273 e. The molecular formula is C15H14BrFN4O. The number of nitrogens with one attached hydrogen (secondary N) is 1. The molecule has 1 N–H and O–H groups in total. The maximum atomic E-state index is 13.9. The summed E-state index contributed by atoms with van der Waals surface area (Å²) in [5.41, 5.74) is 1.66. The number of allylic oxidation sites excluding steroid dienone is 1. The minimum Gasteiger partial charge on any atom is -0.317 e. The quantitative estimate of drug-likeness (QED) is 0.824. The van der Waals surface area contributed by atoms with Gasteiger partial charge in [-0.05, 0) is 38.1 Å². The lowest BCUT2D eigenvalue weighted by molar-refractivity contribution is 0.446. The van der Waals surface area contributed by atoms with Crippen LogP contribution in [0.3, 0.4) is 0 Å². The van der Waals surface area contributed by atoms with Crippen molar-refractivity contribution in [2.24, 2.45) is 0 Å². The molecule has 5 nitrogen and oxygen atoms in total. The zero-order valence-electron chi connectivity index (χ0n) is 11.7. The SMILES string of the molecule is O=c1cc(C2CCNCC2)n2nc3c(c2n1)=C(Br)C(F)C=C3. The average Bonchev–Trinajstić information content (AvgIpc) is 2.90. The summed E-state index contributed by atoms with van der Waals surface area (Å²) in [5.74, 6) is 0.268. The summed E-state index contributed by atoms with van der Waals surface area (Å²) >= 11 is 3.28. The van der Waals surface area contributed by atoms with Gasteiger partial charge in [0.2, 0.25) is 0 Å². The minimum absolute atomic E-state index is 0.268. The molecule has 1 aliphatic carbocycles. The molecule has 1 saturated heterocycles. The molecule has 1 fully saturated rings. The Hall–Kier alpha value is -1.60. The van der Waals surface area contributed by atoms with Crippen LogP contribution in [0.2, 0.25) is 0 Å². The number of halogens is 2. The van der Waals surface area contributed by atoms with Gasteiger partial charge >= 0.3 is 0 Å². The number of alkyl halides is 1. The molecule has 0 amide bonds. The highest BCUT2D eigenvalue weighted by molar-refractivity contribution is 9.15. The topological polar surface area (TPSA) is 59.3 Å². The van der Waals surface area contributed by atoms with E-state index >= 15 is 0 Å². The summed E-state index contributed by atoms with van der Waals surface area (Å²) in [6, 6.07) is 1.56. The van der Waals surface area contributed by atoms with Crippen LogP contribution in [0.4, 0.5) is 4.39 Å². The van der Waals surface area contributed by atoms with Crippen LogP contribution in [-0.2, 0) is 0 Å². The lowest BCUT2D eigenvalue weighted by atomic mass is 9.94. The Balaban J connectivity index is 2.03. The first-order valence-electron chi connectivity index (χ1n) is 7.31. The summed E-state index contributed by atoms with van der Waals surface area (Å²) in [4.78, 5) is 16.1. The van der Waals surface area contributed by atoms with Crippen molar-refractivity contribution in [2.75, 3.05) is 13.1 Å². The number of piperidine rings is 1. The van der Waals surface area contributed by atoms with Crippen LogP contribution < -0.4 is 16.1 Å². The summed E-state index contributed by atoms with van der Waals surface area (Å²) in [7, 11) is 0. The molecule has 1 atom stereocenters. The molecule has 0 radical (unpaired) electrons. The van der Waals surface area contributed by atoms with Crippen LogP contribution in [0.5, 0.6) is 0 Å². The van der Waals surface area contributed by atoms with Gasteiger partial charge in [-0.1, -0.05) is 15.9 Å². The molecule has 114 valence electrons. The van der Waals surface area contributed by atoms with Crippen LogP contribution in [0.1, 0.15) is 30.1 Å². The third-order valence-corrected chi connectivity index (χ3v) is 5.12. The van der Waals surface area contributed by atoms with E-state index in [-0.39, 0.29) is 11.5 Å². The zero-order chi connectivity index (χ0) is 15.3. The van der Waals surface area contributed by atoms with E-state index in [9.17, 15) is 9.18 Å². The van der Waals surface area contributed by atoms with Crippen molar-refractivity contribution >= 4 is 32.1 Å². The van der Waals surface area contributed by atoms with Crippen LogP contribution in [0.15, 0.2) is 16.9 Å². The maximum Gasteiger partial charge on any atom is 0.273 e. The Morgan fingerprint density at radius 2 is 2.14 bits per heavy atom. The first-order chi connectivity index (χ1) is 10.6. The van der Waals surface area contributed by atoms with Gasteiger partial charge in [-0.2, -0.15) is 10.1 Å². The Morgan fingerprint density at radius 1 is 1.36 bits per heavy atom. The fourth-order valence-electron chi connectivity index (χ4n) is 3.19. The van der Waals surface area contributed by atoms with Crippen molar-refractivity contribution in [3.8, 4) is 0 Å². The van der Waals surface area contributed by atoms with Gasteiger partial charge in [-0.25, -0.2) is 8.91 Å². The van der Waals surface area contributed by atoms with Gasteiger partial charge in [-0.3, -0.25) is 4.79 Å². The number of hydrogen-bond acceptors (Lipinski definition) is 4. The van der Waals surface area contributed by atoms with E-state index in [1.54, 1.807) is 16.7 Å². The van der Waals surface area contributed by atoms with Crippen molar-refractivity contribution in [3.63, 3.8) is 0 Å². The van der Waals surface area contributed by atoms with Gasteiger partial charge in [0.05, 0.1) is 16.6 Å². The summed E-state index contributed by atoms with van der Waals surface area (Å²) in [6.07, 6.45) is 3.78. The monoisotopic (exact) mass is 364 g/mol. The average molecular weight is 365 g/mol. The maximum absolute atomic E-state index is 13.9. The number of hydrogen-bond donors (Lipinski definition) is 1. The normalized spacial score (nSPS) is 22.3. The van der Waals surface area contributed by atoms with Gasteiger partial charge in [0.1, 0.15) is 0 Å². The van der Waals surface area contributed by atoms with Gasteiger partial charge in [0.25, 0.3) is 5.56 Å². The van der Waals surface area contributed by atoms with Crippen molar-refractivity contribution in [1.82, 2.24) is 19.9 Å². The van der Waals surface area contributed by atoms with E-state index in [0.29, 0.717) is 21.0 Å². The van der Waals surface area contributed by atoms with E-state index < -0.39 is 6.17 Å². The number of nitrogens with zero attached hydrogens (tertiary/aromatic N) is 3. The van der Waals surface area contributed by atoms with Gasteiger partial charge in [0.15, 0.2) is 11.8 Å². The first-order valence-corrected chi connectivity index (χ1v) is 8.11. The third-order valence-electron chi connectivity index (χ3n) is 4.28. The fraction of sp³-hybridized carbons (Fsp3) is 0.400. The van der Waals surface area contributed by atoms with E-state index in [4.69, 9.17) is 0 Å². The number of aromatic nitrogens is 3.